The lowest BCUT2D eigenvalue weighted by molar-refractivity contribution is -0.119. The van der Waals surface area contributed by atoms with E-state index in [1.165, 1.54) is 4.20 Å². The SMILES string of the molecule is O=C(CC1=[S+]CCS1)NCP. The summed E-state index contributed by atoms with van der Waals surface area (Å²) in [7, 11) is 2.48. The quantitative estimate of drug-likeness (QED) is 0.410. The van der Waals surface area contributed by atoms with E-state index in [4.69, 9.17) is 0 Å². The lowest BCUT2D eigenvalue weighted by atomic mass is 10.5. The minimum Gasteiger partial charge on any atom is -0.352 e. The highest BCUT2D eigenvalue weighted by molar-refractivity contribution is 8.24. The van der Waals surface area contributed by atoms with Gasteiger partial charge >= 0.3 is 0 Å². The van der Waals surface area contributed by atoms with E-state index in [1.54, 1.807) is 0 Å². The number of hydrogen-bond donors (Lipinski definition) is 1. The molecule has 0 radical (unpaired) electrons. The Bertz CT molecular complexity index is 183. The molecule has 62 valence electrons. The van der Waals surface area contributed by atoms with Gasteiger partial charge in [-0.05, 0) is 0 Å². The van der Waals surface area contributed by atoms with E-state index in [2.05, 4.69) is 14.6 Å². The van der Waals surface area contributed by atoms with Crippen LogP contribution >= 0.6 is 21.0 Å². The van der Waals surface area contributed by atoms with Gasteiger partial charge in [0.25, 0.3) is 0 Å². The molecular weight excluding hydrogens is 197 g/mol. The Labute approximate surface area is 77.0 Å². The van der Waals surface area contributed by atoms with Crippen molar-refractivity contribution in [3.63, 3.8) is 0 Å². The summed E-state index contributed by atoms with van der Waals surface area (Å²) >= 11 is 3.62. The smallest absolute Gasteiger partial charge is 0.244 e. The molecule has 2 nitrogen and oxygen atoms in total. The van der Waals surface area contributed by atoms with Crippen LogP contribution in [-0.2, 0) is 16.1 Å². The number of amides is 1. The van der Waals surface area contributed by atoms with Gasteiger partial charge in [0, 0.05) is 6.29 Å². The Hall–Kier alpha value is 0.340. The molecule has 1 heterocycles. The lowest BCUT2D eigenvalue weighted by Crippen LogP contribution is -2.22. The molecule has 0 aromatic carbocycles. The van der Waals surface area contributed by atoms with Crippen LogP contribution < -0.4 is 5.32 Å². The lowest BCUT2D eigenvalue weighted by Gasteiger charge is -1.95. The van der Waals surface area contributed by atoms with Gasteiger partial charge in [0.05, 0.1) is 5.75 Å². The summed E-state index contributed by atoms with van der Waals surface area (Å²) in [5.74, 6) is 2.46. The third kappa shape index (κ3) is 3.50. The monoisotopic (exact) mass is 208 g/mol. The van der Waals surface area contributed by atoms with E-state index in [1.807, 2.05) is 23.1 Å². The summed E-state index contributed by atoms with van der Waals surface area (Å²) in [5, 5.41) is 2.75. The van der Waals surface area contributed by atoms with E-state index in [-0.39, 0.29) is 5.91 Å². The maximum Gasteiger partial charge on any atom is 0.244 e. The molecule has 1 aliphatic rings. The number of rotatable bonds is 3. The third-order valence-electron chi connectivity index (χ3n) is 1.21. The fourth-order valence-electron chi connectivity index (χ4n) is 0.762. The van der Waals surface area contributed by atoms with Crippen molar-refractivity contribution in [2.45, 2.75) is 6.42 Å². The maximum absolute atomic E-state index is 11.0. The normalized spacial score (nSPS) is 16.3. The van der Waals surface area contributed by atoms with Crippen molar-refractivity contribution in [3.8, 4) is 0 Å². The van der Waals surface area contributed by atoms with E-state index in [0.29, 0.717) is 12.7 Å². The summed E-state index contributed by atoms with van der Waals surface area (Å²) < 4.78 is 1.26. The zero-order valence-corrected chi connectivity index (χ0v) is 8.92. The van der Waals surface area contributed by atoms with Crippen molar-refractivity contribution in [1.82, 2.24) is 5.32 Å². The highest BCUT2D eigenvalue weighted by Gasteiger charge is 2.21. The average molecular weight is 208 g/mol. The molecule has 1 atom stereocenters. The Morgan fingerprint density at radius 1 is 1.82 bits per heavy atom. The molecule has 1 N–H and O–H groups in total. The average Bonchev–Trinajstić information content (AvgIpc) is 2.40. The van der Waals surface area contributed by atoms with Crippen molar-refractivity contribution in [2.24, 2.45) is 0 Å². The summed E-state index contributed by atoms with van der Waals surface area (Å²) in [6.45, 7) is 0. The Morgan fingerprint density at radius 2 is 2.64 bits per heavy atom. The van der Waals surface area contributed by atoms with Crippen LogP contribution in [0.25, 0.3) is 0 Å². The van der Waals surface area contributed by atoms with Gasteiger partial charge in [0.1, 0.15) is 6.42 Å². The van der Waals surface area contributed by atoms with Gasteiger partial charge in [-0.1, -0.05) is 11.8 Å². The summed E-state index contributed by atoms with van der Waals surface area (Å²) in [5.41, 5.74) is 0. The molecule has 11 heavy (non-hydrogen) atoms. The fraction of sp³-hybridized carbons (Fsp3) is 0.667. The van der Waals surface area contributed by atoms with E-state index >= 15 is 0 Å². The topological polar surface area (TPSA) is 29.1 Å². The number of nitrogens with one attached hydrogen (secondary N) is 1. The molecule has 0 saturated carbocycles. The minimum absolute atomic E-state index is 0.136. The van der Waals surface area contributed by atoms with Gasteiger partial charge in [-0.25, -0.2) is 0 Å². The predicted molar refractivity (Wildman–Crippen MR) is 57.0 cm³/mol. The molecule has 1 rings (SSSR count). The molecule has 0 aliphatic carbocycles. The van der Waals surface area contributed by atoms with Crippen LogP contribution in [0.4, 0.5) is 0 Å². The first-order valence-electron chi connectivity index (χ1n) is 3.41. The van der Waals surface area contributed by atoms with Gasteiger partial charge in [-0.15, -0.1) is 9.24 Å². The first-order valence-corrected chi connectivity index (χ1v) is 6.20. The van der Waals surface area contributed by atoms with Crippen LogP contribution in [0.1, 0.15) is 6.42 Å². The fourth-order valence-corrected chi connectivity index (χ4v) is 3.41. The van der Waals surface area contributed by atoms with Gasteiger partial charge in [-0.2, -0.15) is 0 Å². The van der Waals surface area contributed by atoms with Crippen LogP contribution in [0.5, 0.6) is 0 Å². The van der Waals surface area contributed by atoms with Crippen LogP contribution in [0.15, 0.2) is 0 Å². The molecule has 0 aromatic heterocycles. The van der Waals surface area contributed by atoms with E-state index in [0.717, 1.165) is 11.5 Å². The van der Waals surface area contributed by atoms with Crippen LogP contribution in [0, 0.1) is 0 Å². The Morgan fingerprint density at radius 3 is 3.18 bits per heavy atom. The zero-order valence-electron chi connectivity index (χ0n) is 6.13. The highest BCUT2D eigenvalue weighted by Crippen LogP contribution is 2.12. The second-order valence-electron chi connectivity index (χ2n) is 2.05. The van der Waals surface area contributed by atoms with Gasteiger partial charge in [-0.3, -0.25) is 4.79 Å². The van der Waals surface area contributed by atoms with Gasteiger partial charge < -0.3 is 5.32 Å². The zero-order chi connectivity index (χ0) is 8.10. The third-order valence-corrected chi connectivity index (χ3v) is 4.13. The molecule has 5 heteroatoms. The van der Waals surface area contributed by atoms with Crippen LogP contribution in [-0.4, -0.2) is 27.9 Å². The standard InChI is InChI=1S/C6H10NOPS2/c8-5(7-4-9)3-6-10-1-2-11-6/h1-4,9H2/p+1. The van der Waals surface area contributed by atoms with Crippen molar-refractivity contribution in [3.05, 3.63) is 0 Å². The second kappa shape index (κ2) is 5.07. The van der Waals surface area contributed by atoms with Crippen LogP contribution in [0.3, 0.4) is 0 Å². The summed E-state index contributed by atoms with van der Waals surface area (Å²) in [6, 6.07) is 0. The Balaban J connectivity index is 2.24. The molecule has 0 saturated heterocycles. The van der Waals surface area contributed by atoms with Crippen molar-refractivity contribution < 1.29 is 4.79 Å². The largest absolute Gasteiger partial charge is 0.352 e. The maximum atomic E-state index is 11.0. The van der Waals surface area contributed by atoms with Gasteiger partial charge in [0.2, 0.25) is 10.1 Å². The second-order valence-corrected chi connectivity index (χ2v) is 5.10. The summed E-state index contributed by atoms with van der Waals surface area (Å²) in [6.07, 6.45) is 1.24. The molecule has 1 unspecified atom stereocenters. The molecule has 1 aliphatic heterocycles. The van der Waals surface area contributed by atoms with Crippen molar-refractivity contribution >= 4 is 42.5 Å². The minimum atomic E-state index is 0.136. The van der Waals surface area contributed by atoms with Crippen LogP contribution in [0.2, 0.25) is 0 Å². The highest BCUT2D eigenvalue weighted by atomic mass is 32.2. The summed E-state index contributed by atoms with van der Waals surface area (Å²) in [4.78, 5) is 11.0. The molecular formula is C6H11NOPS2+. The molecule has 0 bridgehead atoms. The first-order chi connectivity index (χ1) is 5.33. The van der Waals surface area contributed by atoms with E-state index < -0.39 is 0 Å². The predicted octanol–water partition coefficient (Wildman–Crippen LogP) is 0.285. The molecule has 0 spiro atoms. The Kier molecular flexibility index (Phi) is 4.34. The number of carbonyl (C=O) groups excluding carboxylic acids is 1. The number of thioether (sulfide) groups is 1. The molecule has 0 aromatic rings. The number of hydrogen-bond acceptors (Lipinski definition) is 2. The van der Waals surface area contributed by atoms with Gasteiger partial charge in [0.15, 0.2) is 17.1 Å². The van der Waals surface area contributed by atoms with E-state index in [9.17, 15) is 4.79 Å². The number of carbonyl (C=O) groups is 1. The van der Waals surface area contributed by atoms with Crippen molar-refractivity contribution in [2.75, 3.05) is 17.8 Å². The molecule has 0 fully saturated rings. The first kappa shape index (κ1) is 9.43. The molecule has 1 amide bonds. The van der Waals surface area contributed by atoms with Crippen molar-refractivity contribution in [1.29, 1.82) is 0 Å².